The lowest BCUT2D eigenvalue weighted by molar-refractivity contribution is -0.139. The molecule has 0 aliphatic carbocycles. The van der Waals surface area contributed by atoms with E-state index >= 15 is 0 Å². The first kappa shape index (κ1) is 16.0. The van der Waals surface area contributed by atoms with Crippen LogP contribution in [-0.2, 0) is 12.4 Å². The minimum absolute atomic E-state index is 0.0847. The first-order valence-corrected chi connectivity index (χ1v) is 5.94. The van der Waals surface area contributed by atoms with Gasteiger partial charge in [-0.1, -0.05) is 0 Å². The van der Waals surface area contributed by atoms with Crippen LogP contribution >= 0.6 is 0 Å². The Kier molecular flexibility index (Phi) is 3.72. The number of benzene rings is 2. The topological polar surface area (TPSA) is 52.0 Å². The summed E-state index contributed by atoms with van der Waals surface area (Å²) in [5.74, 6) is 0. The maximum absolute atomic E-state index is 13.0. The molecule has 0 aliphatic heterocycles. The Bertz CT molecular complexity index is 642. The van der Waals surface area contributed by atoms with E-state index in [0.717, 1.165) is 24.3 Å². The smallest absolute Gasteiger partial charge is 0.399 e. The van der Waals surface area contributed by atoms with Crippen molar-refractivity contribution in [2.24, 2.45) is 0 Å². The highest BCUT2D eigenvalue weighted by Gasteiger charge is 2.38. The van der Waals surface area contributed by atoms with Crippen molar-refractivity contribution in [3.63, 3.8) is 0 Å². The molecule has 0 heterocycles. The average molecular weight is 320 g/mol. The fraction of sp³-hybridized carbons (Fsp3) is 0.143. The molecular weight excluding hydrogens is 310 g/mol. The van der Waals surface area contributed by atoms with Gasteiger partial charge in [-0.3, -0.25) is 0 Å². The van der Waals surface area contributed by atoms with E-state index in [1.807, 2.05) is 0 Å². The van der Waals surface area contributed by atoms with E-state index in [0.29, 0.717) is 12.1 Å². The van der Waals surface area contributed by atoms with Crippen molar-refractivity contribution in [1.82, 2.24) is 0 Å². The Hall–Kier alpha value is -2.38. The SMILES string of the molecule is Nc1ccc(C(F)(F)F)c(-c2cc(N)ccc2C(F)(F)F)c1. The quantitative estimate of drug-likeness (QED) is 0.598. The van der Waals surface area contributed by atoms with Crippen molar-refractivity contribution >= 4 is 11.4 Å². The van der Waals surface area contributed by atoms with Gasteiger partial charge < -0.3 is 11.5 Å². The standard InChI is InChI=1S/C14H10F6N2/c15-13(16,17)11-3-1-7(21)5-9(11)10-6-8(22)2-4-12(10)14(18,19)20/h1-6H,21-22H2. The summed E-state index contributed by atoms with van der Waals surface area (Å²) in [7, 11) is 0. The van der Waals surface area contributed by atoms with E-state index in [4.69, 9.17) is 11.5 Å². The second kappa shape index (κ2) is 5.11. The Morgan fingerprint density at radius 1 is 0.591 bits per heavy atom. The summed E-state index contributed by atoms with van der Waals surface area (Å²) in [6.07, 6.45) is -9.65. The summed E-state index contributed by atoms with van der Waals surface area (Å²) >= 11 is 0. The summed E-state index contributed by atoms with van der Waals surface area (Å²) in [4.78, 5) is 0. The lowest BCUT2D eigenvalue weighted by atomic mass is 9.93. The third-order valence-corrected chi connectivity index (χ3v) is 2.99. The number of alkyl halides is 6. The van der Waals surface area contributed by atoms with Crippen molar-refractivity contribution in [2.45, 2.75) is 12.4 Å². The van der Waals surface area contributed by atoms with E-state index in [-0.39, 0.29) is 11.4 Å². The fourth-order valence-corrected chi connectivity index (χ4v) is 2.06. The van der Waals surface area contributed by atoms with E-state index in [2.05, 4.69) is 0 Å². The summed E-state index contributed by atoms with van der Waals surface area (Å²) in [6.45, 7) is 0. The maximum Gasteiger partial charge on any atom is 0.417 e. The van der Waals surface area contributed by atoms with Crippen LogP contribution in [0.5, 0.6) is 0 Å². The zero-order valence-electron chi connectivity index (χ0n) is 10.9. The Balaban J connectivity index is 2.82. The zero-order chi connectivity index (χ0) is 16.7. The molecule has 2 aromatic carbocycles. The molecule has 118 valence electrons. The number of anilines is 2. The van der Waals surface area contributed by atoms with Crippen LogP contribution in [0.2, 0.25) is 0 Å². The highest BCUT2D eigenvalue weighted by Crippen LogP contribution is 2.43. The lowest BCUT2D eigenvalue weighted by Gasteiger charge is -2.18. The van der Waals surface area contributed by atoms with Crippen molar-refractivity contribution in [1.29, 1.82) is 0 Å². The van der Waals surface area contributed by atoms with Crippen molar-refractivity contribution in [3.8, 4) is 11.1 Å². The van der Waals surface area contributed by atoms with Crippen molar-refractivity contribution in [2.75, 3.05) is 11.5 Å². The second-order valence-electron chi connectivity index (χ2n) is 4.61. The molecule has 0 spiro atoms. The van der Waals surface area contributed by atoms with Crippen LogP contribution in [0.1, 0.15) is 11.1 Å². The highest BCUT2D eigenvalue weighted by atomic mass is 19.4. The number of rotatable bonds is 1. The molecular formula is C14H10F6N2. The number of hydrogen-bond donors (Lipinski definition) is 2. The number of hydrogen-bond acceptors (Lipinski definition) is 2. The van der Waals surface area contributed by atoms with E-state index in [1.54, 1.807) is 0 Å². The number of nitrogen functional groups attached to an aromatic ring is 2. The van der Waals surface area contributed by atoms with Crippen LogP contribution in [0.25, 0.3) is 11.1 Å². The summed E-state index contributed by atoms with van der Waals surface area (Å²) in [5.41, 5.74) is 6.94. The zero-order valence-corrected chi connectivity index (χ0v) is 10.9. The Labute approximate surface area is 121 Å². The number of nitrogens with two attached hydrogens (primary N) is 2. The molecule has 0 amide bonds. The maximum atomic E-state index is 13.0. The van der Waals surface area contributed by atoms with Gasteiger partial charge in [-0.05, 0) is 47.5 Å². The molecule has 2 nitrogen and oxygen atoms in total. The van der Waals surface area contributed by atoms with Gasteiger partial charge >= 0.3 is 12.4 Å². The van der Waals surface area contributed by atoms with Gasteiger partial charge in [0.2, 0.25) is 0 Å². The van der Waals surface area contributed by atoms with Crippen LogP contribution in [0.15, 0.2) is 36.4 Å². The van der Waals surface area contributed by atoms with Gasteiger partial charge in [-0.25, -0.2) is 0 Å². The molecule has 4 N–H and O–H groups in total. The van der Waals surface area contributed by atoms with Crippen LogP contribution in [0.4, 0.5) is 37.7 Å². The van der Waals surface area contributed by atoms with Crippen molar-refractivity contribution in [3.05, 3.63) is 47.5 Å². The van der Waals surface area contributed by atoms with E-state index in [1.165, 1.54) is 0 Å². The fourth-order valence-electron chi connectivity index (χ4n) is 2.06. The molecule has 0 saturated heterocycles. The molecule has 0 fully saturated rings. The molecule has 2 rings (SSSR count). The average Bonchev–Trinajstić information content (AvgIpc) is 2.35. The molecule has 8 heteroatoms. The first-order valence-electron chi connectivity index (χ1n) is 5.94. The summed E-state index contributed by atoms with van der Waals surface area (Å²) in [5, 5.41) is 0. The molecule has 0 aromatic heterocycles. The highest BCUT2D eigenvalue weighted by molar-refractivity contribution is 5.77. The minimum Gasteiger partial charge on any atom is -0.399 e. The third-order valence-electron chi connectivity index (χ3n) is 2.99. The first-order chi connectivity index (χ1) is 10.00. The van der Waals surface area contributed by atoms with Crippen LogP contribution in [0.3, 0.4) is 0 Å². The van der Waals surface area contributed by atoms with Gasteiger partial charge in [-0.2, -0.15) is 26.3 Å². The molecule has 0 bridgehead atoms. The molecule has 22 heavy (non-hydrogen) atoms. The van der Waals surface area contributed by atoms with Gasteiger partial charge in [0, 0.05) is 11.4 Å². The largest absolute Gasteiger partial charge is 0.417 e. The van der Waals surface area contributed by atoms with E-state index < -0.39 is 34.6 Å². The Morgan fingerprint density at radius 2 is 0.909 bits per heavy atom. The normalized spacial score (nSPS) is 12.5. The van der Waals surface area contributed by atoms with Gasteiger partial charge in [-0.15, -0.1) is 0 Å². The lowest BCUT2D eigenvalue weighted by Crippen LogP contribution is -2.12. The third kappa shape index (κ3) is 3.10. The molecule has 0 aliphatic rings. The molecule has 0 atom stereocenters. The Morgan fingerprint density at radius 3 is 1.18 bits per heavy atom. The van der Waals surface area contributed by atoms with Crippen LogP contribution < -0.4 is 11.5 Å². The van der Waals surface area contributed by atoms with Gasteiger partial charge in [0.15, 0.2) is 0 Å². The van der Waals surface area contributed by atoms with Gasteiger partial charge in [0.25, 0.3) is 0 Å². The summed E-state index contributed by atoms with van der Waals surface area (Å²) < 4.78 is 78.2. The molecule has 0 radical (unpaired) electrons. The van der Waals surface area contributed by atoms with Gasteiger partial charge in [0.1, 0.15) is 0 Å². The minimum atomic E-state index is -4.82. The van der Waals surface area contributed by atoms with Gasteiger partial charge in [0.05, 0.1) is 11.1 Å². The molecule has 0 saturated carbocycles. The van der Waals surface area contributed by atoms with Crippen molar-refractivity contribution < 1.29 is 26.3 Å². The predicted molar refractivity (Wildman–Crippen MR) is 70.7 cm³/mol. The molecule has 0 unspecified atom stereocenters. The van der Waals surface area contributed by atoms with E-state index in [9.17, 15) is 26.3 Å². The van der Waals surface area contributed by atoms with Crippen LogP contribution in [-0.4, -0.2) is 0 Å². The second-order valence-corrected chi connectivity index (χ2v) is 4.61. The monoisotopic (exact) mass is 320 g/mol. The van der Waals surface area contributed by atoms with Crippen LogP contribution in [0, 0.1) is 0 Å². The summed E-state index contributed by atoms with van der Waals surface area (Å²) in [6, 6.07) is 4.96. The predicted octanol–water partition coefficient (Wildman–Crippen LogP) is 4.56. The molecule has 2 aromatic rings. The number of halogens is 6.